The molecule has 11 aromatic rings. The Labute approximate surface area is 316 Å². The van der Waals surface area contributed by atoms with E-state index in [1.165, 1.54) is 0 Å². The molecule has 0 saturated carbocycles. The van der Waals surface area contributed by atoms with Crippen LogP contribution in [0.4, 0.5) is 17.1 Å². The van der Waals surface area contributed by atoms with Gasteiger partial charge < -0.3 is 9.32 Å². The number of hydrogen-bond acceptors (Lipinski definition) is 5. The van der Waals surface area contributed by atoms with Crippen LogP contribution in [-0.2, 0) is 0 Å². The van der Waals surface area contributed by atoms with Gasteiger partial charge in [-0.15, -0.1) is 0 Å². The molecule has 0 amide bonds. The van der Waals surface area contributed by atoms with Crippen LogP contribution in [0.5, 0.6) is 0 Å². The minimum absolute atomic E-state index is 0.545. The van der Waals surface area contributed by atoms with E-state index in [1.54, 1.807) is 0 Å². The minimum Gasteiger partial charge on any atom is -0.455 e. The van der Waals surface area contributed by atoms with Gasteiger partial charge in [0.2, 0.25) is 5.95 Å². The predicted octanol–water partition coefficient (Wildman–Crippen LogP) is 12.8. The number of anilines is 3. The van der Waals surface area contributed by atoms with Gasteiger partial charge in [-0.25, -0.2) is 4.98 Å². The molecule has 8 aromatic carbocycles. The molecule has 0 aliphatic rings. The first kappa shape index (κ1) is 31.0. The summed E-state index contributed by atoms with van der Waals surface area (Å²) in [4.78, 5) is 17.6. The maximum absolute atomic E-state index is 7.08. The second-order valence-electron chi connectivity index (χ2n) is 13.6. The maximum atomic E-state index is 7.08. The van der Waals surface area contributed by atoms with Crippen LogP contribution in [0.2, 0.25) is 0 Å². The van der Waals surface area contributed by atoms with Gasteiger partial charge in [-0.2, -0.15) is 9.97 Å². The number of aromatic nitrogens is 4. The summed E-state index contributed by atoms with van der Waals surface area (Å²) in [5.74, 6) is 1.77. The molecule has 6 nitrogen and oxygen atoms in total. The lowest BCUT2D eigenvalue weighted by Crippen LogP contribution is -2.10. The van der Waals surface area contributed by atoms with Crippen molar-refractivity contribution in [2.75, 3.05) is 4.90 Å². The zero-order valence-corrected chi connectivity index (χ0v) is 29.5. The molecule has 258 valence electrons. The number of para-hydroxylation sites is 3. The van der Waals surface area contributed by atoms with Crippen LogP contribution in [0.25, 0.3) is 83.2 Å². The van der Waals surface area contributed by atoms with Crippen molar-refractivity contribution in [1.29, 1.82) is 0 Å². The van der Waals surface area contributed by atoms with E-state index in [0.717, 1.165) is 82.7 Å². The van der Waals surface area contributed by atoms with Gasteiger partial charge >= 0.3 is 0 Å². The van der Waals surface area contributed by atoms with Crippen LogP contribution in [-0.4, -0.2) is 19.5 Å². The number of nitrogens with zero attached hydrogens (tertiary/aromatic N) is 5. The molecular weight excluding hydrogens is 675 g/mol. The zero-order chi connectivity index (χ0) is 36.3. The molecule has 6 heteroatoms. The highest BCUT2D eigenvalue weighted by atomic mass is 16.3. The molecule has 11 rings (SSSR count). The van der Waals surface area contributed by atoms with E-state index >= 15 is 0 Å². The Kier molecular flexibility index (Phi) is 7.07. The third-order valence-corrected chi connectivity index (χ3v) is 10.4. The Hall–Kier alpha value is -7.57. The average Bonchev–Trinajstić information content (AvgIpc) is 3.81. The predicted molar refractivity (Wildman–Crippen MR) is 225 cm³/mol. The molecule has 3 heterocycles. The van der Waals surface area contributed by atoms with E-state index in [-0.39, 0.29) is 0 Å². The molecule has 0 radical (unpaired) electrons. The Morgan fingerprint density at radius 1 is 0.400 bits per heavy atom. The molecule has 0 aliphatic heterocycles. The van der Waals surface area contributed by atoms with Crippen LogP contribution in [0.1, 0.15) is 0 Å². The largest absolute Gasteiger partial charge is 0.455 e. The molecular formula is C49H31N5O. The van der Waals surface area contributed by atoms with Crippen LogP contribution >= 0.6 is 0 Å². The second kappa shape index (κ2) is 12.5. The minimum atomic E-state index is 0.545. The van der Waals surface area contributed by atoms with Gasteiger partial charge in [0.25, 0.3) is 0 Å². The number of benzene rings is 8. The first-order chi connectivity index (χ1) is 27.3. The lowest BCUT2D eigenvalue weighted by molar-refractivity contribution is 0.676. The van der Waals surface area contributed by atoms with Gasteiger partial charge in [0, 0.05) is 49.4 Å². The molecule has 55 heavy (non-hydrogen) atoms. The highest BCUT2D eigenvalue weighted by Crippen LogP contribution is 2.47. The van der Waals surface area contributed by atoms with Crippen molar-refractivity contribution in [3.05, 3.63) is 188 Å². The summed E-state index contributed by atoms with van der Waals surface area (Å²) in [5.41, 5.74) is 8.72. The van der Waals surface area contributed by atoms with Crippen molar-refractivity contribution in [2.24, 2.45) is 0 Å². The van der Waals surface area contributed by atoms with E-state index in [0.29, 0.717) is 17.6 Å². The van der Waals surface area contributed by atoms with E-state index < -0.39 is 0 Å². The number of fused-ring (bicyclic) bond motifs is 9. The lowest BCUT2D eigenvalue weighted by Gasteiger charge is -2.27. The van der Waals surface area contributed by atoms with Crippen molar-refractivity contribution in [3.63, 3.8) is 0 Å². The smallest absolute Gasteiger partial charge is 0.238 e. The van der Waals surface area contributed by atoms with Gasteiger partial charge in [-0.05, 0) is 48.5 Å². The SMILES string of the molecule is c1ccc(-c2nc(-c3ccccc3)nc(-n3c4ccccc4c4c5oc6c7ccccc7c(N(c7ccccc7)c7ccccc7)cc6c5ccc43)n2)cc1. The third kappa shape index (κ3) is 5.00. The molecule has 0 saturated heterocycles. The molecule has 0 atom stereocenters. The molecule has 0 aliphatic carbocycles. The fraction of sp³-hybridized carbons (Fsp3) is 0. The molecule has 0 fully saturated rings. The van der Waals surface area contributed by atoms with Gasteiger partial charge in [0.1, 0.15) is 11.2 Å². The molecule has 3 aromatic heterocycles. The van der Waals surface area contributed by atoms with E-state index in [9.17, 15) is 0 Å². The first-order valence-electron chi connectivity index (χ1n) is 18.4. The van der Waals surface area contributed by atoms with Gasteiger partial charge in [-0.1, -0.05) is 140 Å². The Morgan fingerprint density at radius 2 is 0.909 bits per heavy atom. The van der Waals surface area contributed by atoms with Crippen molar-refractivity contribution in [3.8, 4) is 28.7 Å². The quantitative estimate of drug-likeness (QED) is 0.172. The number of rotatable bonds is 6. The van der Waals surface area contributed by atoms with E-state index in [2.05, 4.69) is 137 Å². The second-order valence-corrected chi connectivity index (χ2v) is 13.6. The summed E-state index contributed by atoms with van der Waals surface area (Å²) >= 11 is 0. The number of furan rings is 1. The van der Waals surface area contributed by atoms with Gasteiger partial charge in [-0.3, -0.25) is 4.57 Å². The Morgan fingerprint density at radius 3 is 1.53 bits per heavy atom. The van der Waals surface area contributed by atoms with Crippen LogP contribution in [0.3, 0.4) is 0 Å². The summed E-state index contributed by atoms with van der Waals surface area (Å²) < 4.78 is 9.23. The van der Waals surface area contributed by atoms with Crippen molar-refractivity contribution in [2.45, 2.75) is 0 Å². The topological polar surface area (TPSA) is 60.0 Å². The van der Waals surface area contributed by atoms with Gasteiger partial charge in [0.15, 0.2) is 11.6 Å². The third-order valence-electron chi connectivity index (χ3n) is 10.4. The summed E-state index contributed by atoms with van der Waals surface area (Å²) in [7, 11) is 0. The normalized spacial score (nSPS) is 11.6. The van der Waals surface area contributed by atoms with E-state index in [1.807, 2.05) is 60.7 Å². The van der Waals surface area contributed by atoms with Crippen LogP contribution in [0.15, 0.2) is 192 Å². The molecule has 0 bridgehead atoms. The summed E-state index contributed by atoms with van der Waals surface area (Å²) in [5, 5.41) is 6.33. The summed E-state index contributed by atoms with van der Waals surface area (Å²) in [6.07, 6.45) is 0. The van der Waals surface area contributed by atoms with Crippen LogP contribution in [0, 0.1) is 0 Å². The summed E-state index contributed by atoms with van der Waals surface area (Å²) in [6, 6.07) is 64.9. The van der Waals surface area contributed by atoms with Gasteiger partial charge in [0.05, 0.1) is 22.1 Å². The Bertz CT molecular complexity index is 3100. The number of hydrogen-bond donors (Lipinski definition) is 0. The molecule has 0 N–H and O–H groups in total. The van der Waals surface area contributed by atoms with Crippen molar-refractivity contribution >= 4 is 71.6 Å². The lowest BCUT2D eigenvalue weighted by atomic mass is 10.0. The molecule has 0 unspecified atom stereocenters. The Balaban J connectivity index is 1.21. The highest BCUT2D eigenvalue weighted by Gasteiger charge is 2.24. The monoisotopic (exact) mass is 705 g/mol. The average molecular weight is 706 g/mol. The standard InChI is InChI=1S/C49H31N5O/c1-5-17-32(18-6-1)47-50-48(33-19-7-2-8-20-33)52-49(51-47)54-41-28-16-15-27-39(41)44-42(54)30-29-38-40-31-43(36-25-13-14-26-37(36)45(40)55-46(38)44)53(34-21-9-3-10-22-34)35-23-11-4-12-24-35/h1-31H. The van der Waals surface area contributed by atoms with Crippen LogP contribution < -0.4 is 4.90 Å². The highest BCUT2D eigenvalue weighted by molar-refractivity contribution is 6.27. The molecule has 0 spiro atoms. The maximum Gasteiger partial charge on any atom is 0.238 e. The van der Waals surface area contributed by atoms with Crippen molar-refractivity contribution in [1.82, 2.24) is 19.5 Å². The first-order valence-corrected chi connectivity index (χ1v) is 18.4. The summed E-state index contributed by atoms with van der Waals surface area (Å²) in [6.45, 7) is 0. The fourth-order valence-corrected chi connectivity index (χ4v) is 7.97. The zero-order valence-electron chi connectivity index (χ0n) is 29.5. The van der Waals surface area contributed by atoms with Crippen molar-refractivity contribution < 1.29 is 4.42 Å². The fourth-order valence-electron chi connectivity index (χ4n) is 7.97. The van der Waals surface area contributed by atoms with E-state index in [4.69, 9.17) is 19.4 Å².